The number of hydrogen-bond donors (Lipinski definition) is 1. The summed E-state index contributed by atoms with van der Waals surface area (Å²) in [5.41, 5.74) is 6.84. The largest absolute Gasteiger partial charge is 0.370 e. The summed E-state index contributed by atoms with van der Waals surface area (Å²) in [4.78, 5) is 26.4. The second kappa shape index (κ2) is 8.43. The first-order chi connectivity index (χ1) is 13.3. The van der Waals surface area contributed by atoms with E-state index in [1.54, 1.807) is 12.1 Å². The smallest absolute Gasteiger partial charge is 0.223 e. The van der Waals surface area contributed by atoms with Gasteiger partial charge in [0.25, 0.3) is 0 Å². The second-order valence-corrected chi connectivity index (χ2v) is 8.41. The highest BCUT2D eigenvalue weighted by Crippen LogP contribution is 2.42. The molecule has 1 saturated heterocycles. The average Bonchev–Trinajstić information content (AvgIpc) is 2.67. The summed E-state index contributed by atoms with van der Waals surface area (Å²) < 4.78 is 14.4. The SMILES string of the molecule is C[C@@H](c1ccc(Br)cc1)N1CC[C@@](CCC(N)=O)(c2ccc(F)cc2)CC1=O. The van der Waals surface area contributed by atoms with Crippen LogP contribution in [0, 0.1) is 5.82 Å². The number of nitrogens with zero attached hydrogens (tertiary/aromatic N) is 1. The van der Waals surface area contributed by atoms with Crippen LogP contribution in [0.5, 0.6) is 0 Å². The summed E-state index contributed by atoms with van der Waals surface area (Å²) in [7, 11) is 0. The molecule has 2 atom stereocenters. The number of likely N-dealkylation sites (tertiary alicyclic amines) is 1. The zero-order chi connectivity index (χ0) is 20.3. The molecule has 2 N–H and O–H groups in total. The van der Waals surface area contributed by atoms with Crippen molar-refractivity contribution in [2.75, 3.05) is 6.54 Å². The molecule has 2 aromatic rings. The molecule has 0 aliphatic carbocycles. The van der Waals surface area contributed by atoms with Crippen molar-refractivity contribution in [1.82, 2.24) is 4.90 Å². The molecule has 0 spiro atoms. The van der Waals surface area contributed by atoms with Gasteiger partial charge in [0.1, 0.15) is 5.82 Å². The van der Waals surface area contributed by atoms with Gasteiger partial charge in [-0.2, -0.15) is 0 Å². The van der Waals surface area contributed by atoms with Gasteiger partial charge in [-0.15, -0.1) is 0 Å². The molecular formula is C22H24BrFN2O2. The molecule has 1 fully saturated rings. The number of halogens is 2. The van der Waals surface area contributed by atoms with Gasteiger partial charge in [-0.1, -0.05) is 40.2 Å². The molecule has 0 unspecified atom stereocenters. The standard InChI is InChI=1S/C22H24BrFN2O2/c1-15(16-2-6-18(23)7-3-16)26-13-12-22(14-21(26)28,11-10-20(25)27)17-4-8-19(24)9-5-17/h2-9,15H,10-14H2,1H3,(H2,25,27)/t15-,22+/m0/s1. The molecule has 6 heteroatoms. The molecule has 2 amide bonds. The maximum atomic E-state index is 13.4. The van der Waals surface area contributed by atoms with E-state index in [0.717, 1.165) is 15.6 Å². The first-order valence-corrected chi connectivity index (χ1v) is 10.2. The lowest BCUT2D eigenvalue weighted by Crippen LogP contribution is -2.47. The number of carbonyl (C=O) groups excluding carboxylic acids is 2. The lowest BCUT2D eigenvalue weighted by molar-refractivity contribution is -0.139. The van der Waals surface area contributed by atoms with Crippen molar-refractivity contribution < 1.29 is 14.0 Å². The molecule has 0 bridgehead atoms. The van der Waals surface area contributed by atoms with Crippen molar-refractivity contribution in [3.8, 4) is 0 Å². The van der Waals surface area contributed by atoms with Gasteiger partial charge in [-0.3, -0.25) is 9.59 Å². The Bertz CT molecular complexity index is 854. The molecule has 1 heterocycles. The van der Waals surface area contributed by atoms with Gasteiger partial charge < -0.3 is 10.6 Å². The zero-order valence-corrected chi connectivity index (χ0v) is 17.4. The Hall–Kier alpha value is -2.21. The summed E-state index contributed by atoms with van der Waals surface area (Å²) >= 11 is 3.43. The number of rotatable bonds is 6. The molecule has 1 aliphatic rings. The zero-order valence-electron chi connectivity index (χ0n) is 15.8. The number of carbonyl (C=O) groups is 2. The summed E-state index contributed by atoms with van der Waals surface area (Å²) in [5.74, 6) is -0.670. The van der Waals surface area contributed by atoms with E-state index in [9.17, 15) is 14.0 Å². The van der Waals surface area contributed by atoms with E-state index in [1.807, 2.05) is 36.1 Å². The minimum Gasteiger partial charge on any atom is -0.370 e. The van der Waals surface area contributed by atoms with Gasteiger partial charge in [-0.25, -0.2) is 4.39 Å². The number of benzene rings is 2. The Balaban J connectivity index is 1.83. The molecule has 2 aromatic carbocycles. The van der Waals surface area contributed by atoms with Crippen LogP contribution >= 0.6 is 15.9 Å². The first kappa shape index (κ1) is 20.5. The fourth-order valence-electron chi connectivity index (χ4n) is 4.04. The molecule has 28 heavy (non-hydrogen) atoms. The van der Waals surface area contributed by atoms with Crippen LogP contribution in [0.25, 0.3) is 0 Å². The molecule has 148 valence electrons. The van der Waals surface area contributed by atoms with Crippen molar-refractivity contribution in [3.05, 3.63) is 69.9 Å². The Morgan fingerprint density at radius 3 is 2.43 bits per heavy atom. The van der Waals surface area contributed by atoms with Crippen LogP contribution < -0.4 is 5.73 Å². The van der Waals surface area contributed by atoms with Crippen molar-refractivity contribution in [2.24, 2.45) is 5.73 Å². The summed E-state index contributed by atoms with van der Waals surface area (Å²) in [5, 5.41) is 0. The highest BCUT2D eigenvalue weighted by Gasteiger charge is 2.41. The van der Waals surface area contributed by atoms with Crippen molar-refractivity contribution >= 4 is 27.7 Å². The van der Waals surface area contributed by atoms with Crippen LogP contribution in [0.2, 0.25) is 0 Å². The third kappa shape index (κ3) is 4.43. The van der Waals surface area contributed by atoms with Crippen LogP contribution in [0.3, 0.4) is 0 Å². The fourth-order valence-corrected chi connectivity index (χ4v) is 4.30. The minimum atomic E-state index is -0.490. The summed E-state index contributed by atoms with van der Waals surface area (Å²) in [6.07, 6.45) is 1.68. The van der Waals surface area contributed by atoms with Crippen molar-refractivity contribution in [1.29, 1.82) is 0 Å². The lowest BCUT2D eigenvalue weighted by atomic mass is 9.69. The minimum absolute atomic E-state index is 0.0375. The van der Waals surface area contributed by atoms with Gasteiger partial charge in [-0.05, 0) is 55.2 Å². The number of piperidine rings is 1. The van der Waals surface area contributed by atoms with Crippen LogP contribution in [0.4, 0.5) is 4.39 Å². The number of hydrogen-bond acceptors (Lipinski definition) is 2. The van der Waals surface area contributed by atoms with E-state index in [1.165, 1.54) is 12.1 Å². The molecule has 4 nitrogen and oxygen atoms in total. The average molecular weight is 447 g/mol. The molecule has 0 radical (unpaired) electrons. The monoisotopic (exact) mass is 446 g/mol. The van der Waals surface area contributed by atoms with Crippen molar-refractivity contribution in [3.63, 3.8) is 0 Å². The van der Waals surface area contributed by atoms with E-state index >= 15 is 0 Å². The lowest BCUT2D eigenvalue weighted by Gasteiger charge is -2.44. The first-order valence-electron chi connectivity index (χ1n) is 9.40. The maximum Gasteiger partial charge on any atom is 0.223 e. The molecular weight excluding hydrogens is 423 g/mol. The number of nitrogens with two attached hydrogens (primary N) is 1. The summed E-state index contributed by atoms with van der Waals surface area (Å²) in [6.45, 7) is 2.60. The van der Waals surface area contributed by atoms with E-state index < -0.39 is 5.41 Å². The Morgan fingerprint density at radius 2 is 1.86 bits per heavy atom. The highest BCUT2D eigenvalue weighted by atomic mass is 79.9. The second-order valence-electron chi connectivity index (χ2n) is 7.49. The predicted octanol–water partition coefficient (Wildman–Crippen LogP) is 4.48. The third-order valence-electron chi connectivity index (χ3n) is 5.77. The van der Waals surface area contributed by atoms with Gasteiger partial charge in [0.15, 0.2) is 0 Å². The normalized spacial score (nSPS) is 20.8. The predicted molar refractivity (Wildman–Crippen MR) is 110 cm³/mol. The molecule has 0 aromatic heterocycles. The van der Waals surface area contributed by atoms with E-state index in [0.29, 0.717) is 19.4 Å². The van der Waals surface area contributed by atoms with E-state index in [2.05, 4.69) is 15.9 Å². The molecule has 0 saturated carbocycles. The van der Waals surface area contributed by atoms with Gasteiger partial charge in [0, 0.05) is 29.3 Å². The van der Waals surface area contributed by atoms with Crippen LogP contribution in [-0.2, 0) is 15.0 Å². The van der Waals surface area contributed by atoms with Crippen LogP contribution in [-0.4, -0.2) is 23.3 Å². The van der Waals surface area contributed by atoms with Crippen molar-refractivity contribution in [2.45, 2.75) is 44.1 Å². The Morgan fingerprint density at radius 1 is 1.21 bits per heavy atom. The summed E-state index contributed by atoms with van der Waals surface area (Å²) in [6, 6.07) is 14.2. The number of amides is 2. The molecule has 1 aliphatic heterocycles. The maximum absolute atomic E-state index is 13.4. The van der Waals surface area contributed by atoms with Crippen LogP contribution in [0.15, 0.2) is 53.0 Å². The topological polar surface area (TPSA) is 63.4 Å². The van der Waals surface area contributed by atoms with Crippen LogP contribution in [0.1, 0.15) is 49.8 Å². The van der Waals surface area contributed by atoms with Gasteiger partial charge in [0.2, 0.25) is 11.8 Å². The number of primary amides is 1. The Labute approximate surface area is 173 Å². The highest BCUT2D eigenvalue weighted by molar-refractivity contribution is 9.10. The van der Waals surface area contributed by atoms with E-state index in [-0.39, 0.29) is 36.5 Å². The quantitative estimate of drug-likeness (QED) is 0.710. The van der Waals surface area contributed by atoms with Gasteiger partial charge in [0.05, 0.1) is 6.04 Å². The Kier molecular flexibility index (Phi) is 6.18. The molecule has 3 rings (SSSR count). The fraction of sp³-hybridized carbons (Fsp3) is 0.364. The van der Waals surface area contributed by atoms with E-state index in [4.69, 9.17) is 5.73 Å². The van der Waals surface area contributed by atoms with Gasteiger partial charge >= 0.3 is 0 Å². The third-order valence-corrected chi connectivity index (χ3v) is 6.30.